The molecule has 0 aliphatic rings. The van der Waals surface area contributed by atoms with Crippen molar-refractivity contribution in [2.24, 2.45) is 10.2 Å². The first-order valence-electron chi connectivity index (χ1n) is 3.56. The van der Waals surface area contributed by atoms with Gasteiger partial charge in [-0.15, -0.1) is 0 Å². The molecule has 0 unspecified atom stereocenters. The maximum atomic E-state index is 3.93. The zero-order valence-electron chi connectivity index (χ0n) is 7.33. The van der Waals surface area contributed by atoms with E-state index in [0.29, 0.717) is 0 Å². The summed E-state index contributed by atoms with van der Waals surface area (Å²) >= 11 is 0. The van der Waals surface area contributed by atoms with Gasteiger partial charge in [0.25, 0.3) is 0 Å². The normalized spacial score (nSPS) is 13.2. The predicted octanol–water partition coefficient (Wildman–Crippen LogP) is 2.59. The van der Waals surface area contributed by atoms with Gasteiger partial charge in [-0.1, -0.05) is 12.7 Å². The monoisotopic (exact) mass is 150 g/mol. The minimum Gasteiger partial charge on any atom is -0.163 e. The Morgan fingerprint density at radius 1 is 1.36 bits per heavy atom. The van der Waals surface area contributed by atoms with E-state index < -0.39 is 0 Å². The lowest BCUT2D eigenvalue weighted by Crippen LogP contribution is -1.92. The Hall–Kier alpha value is -1.18. The summed E-state index contributed by atoms with van der Waals surface area (Å²) in [7, 11) is 0. The summed E-state index contributed by atoms with van der Waals surface area (Å²) in [5.74, 6) is 0. The van der Waals surface area contributed by atoms with E-state index in [2.05, 4.69) is 16.8 Å². The predicted molar refractivity (Wildman–Crippen MR) is 51.2 cm³/mol. The molecule has 0 N–H and O–H groups in total. The highest BCUT2D eigenvalue weighted by atomic mass is 15.2. The third-order valence-corrected chi connectivity index (χ3v) is 1.04. The molecule has 0 spiro atoms. The van der Waals surface area contributed by atoms with Crippen molar-refractivity contribution < 1.29 is 0 Å². The zero-order chi connectivity index (χ0) is 8.69. The van der Waals surface area contributed by atoms with Gasteiger partial charge in [-0.3, -0.25) is 0 Å². The van der Waals surface area contributed by atoms with Gasteiger partial charge in [0, 0.05) is 6.21 Å². The number of hydrogen-bond acceptors (Lipinski definition) is 2. The van der Waals surface area contributed by atoms with Crippen LogP contribution in [0, 0.1) is 0 Å². The highest BCUT2D eigenvalue weighted by Gasteiger charge is 1.91. The summed E-state index contributed by atoms with van der Waals surface area (Å²) in [6.07, 6.45) is 5.44. The summed E-state index contributed by atoms with van der Waals surface area (Å²) in [6, 6.07) is 0. The van der Waals surface area contributed by atoms with Crippen LogP contribution in [0.2, 0.25) is 0 Å². The smallest absolute Gasteiger partial charge is 0.0876 e. The first kappa shape index (κ1) is 9.82. The first-order valence-corrected chi connectivity index (χ1v) is 3.56. The quantitative estimate of drug-likeness (QED) is 0.436. The lowest BCUT2D eigenvalue weighted by Gasteiger charge is -1.93. The van der Waals surface area contributed by atoms with Crippen molar-refractivity contribution in [2.45, 2.75) is 20.8 Å². The molecule has 0 aromatic heterocycles. The van der Waals surface area contributed by atoms with Crippen LogP contribution in [0.25, 0.3) is 0 Å². The molecule has 11 heavy (non-hydrogen) atoms. The summed E-state index contributed by atoms with van der Waals surface area (Å²) in [5.41, 5.74) is 1.75. The standard InChI is InChI=1S/C9H14N2/c1-5-7-9(8(3)4)11-10-6-2/h5-7H,3H2,1-2,4H3/b7-5-,10-6-,11-9+. The van der Waals surface area contributed by atoms with Crippen LogP contribution < -0.4 is 0 Å². The Morgan fingerprint density at radius 2 is 2.00 bits per heavy atom. The van der Waals surface area contributed by atoms with E-state index in [4.69, 9.17) is 0 Å². The van der Waals surface area contributed by atoms with E-state index >= 15 is 0 Å². The van der Waals surface area contributed by atoms with Gasteiger partial charge in [0.05, 0.1) is 5.71 Å². The Bertz CT molecular complexity index is 210. The molecule has 60 valence electrons. The maximum Gasteiger partial charge on any atom is 0.0876 e. The van der Waals surface area contributed by atoms with Gasteiger partial charge in [-0.2, -0.15) is 10.2 Å². The molecule has 2 nitrogen and oxygen atoms in total. The lowest BCUT2D eigenvalue weighted by molar-refractivity contribution is 1.24. The van der Waals surface area contributed by atoms with Crippen LogP contribution in [0.15, 0.2) is 34.5 Å². The summed E-state index contributed by atoms with van der Waals surface area (Å²) in [4.78, 5) is 0. The van der Waals surface area contributed by atoms with Crippen LogP contribution in [0.1, 0.15) is 20.8 Å². The molecule has 0 bridgehead atoms. The molecule has 0 saturated carbocycles. The first-order chi connectivity index (χ1) is 5.22. The van der Waals surface area contributed by atoms with Crippen molar-refractivity contribution in [1.82, 2.24) is 0 Å². The molecule has 0 heterocycles. The van der Waals surface area contributed by atoms with E-state index in [0.717, 1.165) is 11.3 Å². The lowest BCUT2D eigenvalue weighted by atomic mass is 10.2. The number of hydrogen-bond donors (Lipinski definition) is 0. The van der Waals surface area contributed by atoms with E-state index in [1.165, 1.54) is 0 Å². The van der Waals surface area contributed by atoms with Gasteiger partial charge in [0.2, 0.25) is 0 Å². The van der Waals surface area contributed by atoms with Crippen molar-refractivity contribution in [3.63, 3.8) is 0 Å². The second-order valence-electron chi connectivity index (χ2n) is 2.14. The van der Waals surface area contributed by atoms with Crippen molar-refractivity contribution >= 4 is 11.9 Å². The van der Waals surface area contributed by atoms with Crippen molar-refractivity contribution in [3.8, 4) is 0 Å². The Labute approximate surface area is 68.0 Å². The molecule has 0 fully saturated rings. The average molecular weight is 150 g/mol. The van der Waals surface area contributed by atoms with Crippen molar-refractivity contribution in [3.05, 3.63) is 24.3 Å². The Morgan fingerprint density at radius 3 is 2.36 bits per heavy atom. The van der Waals surface area contributed by atoms with Gasteiger partial charge in [0.1, 0.15) is 0 Å². The van der Waals surface area contributed by atoms with Gasteiger partial charge in [-0.25, -0.2) is 0 Å². The largest absolute Gasteiger partial charge is 0.163 e. The van der Waals surface area contributed by atoms with Crippen molar-refractivity contribution in [2.75, 3.05) is 0 Å². The van der Waals surface area contributed by atoms with Gasteiger partial charge in [0.15, 0.2) is 0 Å². The number of nitrogens with zero attached hydrogens (tertiary/aromatic N) is 2. The highest BCUT2D eigenvalue weighted by molar-refractivity contribution is 6.07. The van der Waals surface area contributed by atoms with Crippen molar-refractivity contribution in [1.29, 1.82) is 0 Å². The van der Waals surface area contributed by atoms with E-state index in [1.807, 2.05) is 32.9 Å². The number of rotatable bonds is 3. The fraction of sp³-hybridized carbons (Fsp3) is 0.333. The topological polar surface area (TPSA) is 24.7 Å². The average Bonchev–Trinajstić information content (AvgIpc) is 1.97. The molecule has 0 aromatic rings. The fourth-order valence-corrected chi connectivity index (χ4v) is 0.539. The molecule has 0 aliphatic heterocycles. The SMILES string of the molecule is C=C(C)C(/C=C\C)=N/N=C\C. The zero-order valence-corrected chi connectivity index (χ0v) is 7.33. The molecular formula is C9H14N2. The molecule has 0 rings (SSSR count). The summed E-state index contributed by atoms with van der Waals surface area (Å²) < 4.78 is 0. The van der Waals surface area contributed by atoms with E-state index in [1.54, 1.807) is 6.21 Å². The fourth-order valence-electron chi connectivity index (χ4n) is 0.539. The van der Waals surface area contributed by atoms with Crippen LogP contribution >= 0.6 is 0 Å². The third kappa shape index (κ3) is 4.25. The van der Waals surface area contributed by atoms with Crippen LogP contribution in [0.5, 0.6) is 0 Å². The van der Waals surface area contributed by atoms with Gasteiger partial charge >= 0.3 is 0 Å². The van der Waals surface area contributed by atoms with Crippen LogP contribution in [0.4, 0.5) is 0 Å². The van der Waals surface area contributed by atoms with E-state index in [-0.39, 0.29) is 0 Å². The molecular weight excluding hydrogens is 136 g/mol. The maximum absolute atomic E-state index is 3.93. The summed E-state index contributed by atoms with van der Waals surface area (Å²) in [5, 5.41) is 7.69. The number of allylic oxidation sites excluding steroid dienone is 3. The highest BCUT2D eigenvalue weighted by Crippen LogP contribution is 1.95. The van der Waals surface area contributed by atoms with Crippen LogP contribution in [-0.2, 0) is 0 Å². The molecule has 0 saturated heterocycles. The van der Waals surface area contributed by atoms with Crippen LogP contribution in [-0.4, -0.2) is 11.9 Å². The minimum atomic E-state index is 0.825. The third-order valence-electron chi connectivity index (χ3n) is 1.04. The second kappa shape index (κ2) is 5.59. The van der Waals surface area contributed by atoms with Gasteiger partial charge in [-0.05, 0) is 32.4 Å². The molecule has 0 radical (unpaired) electrons. The molecule has 2 heteroatoms. The van der Waals surface area contributed by atoms with E-state index in [9.17, 15) is 0 Å². The molecule has 0 atom stereocenters. The molecule has 0 aromatic carbocycles. The Kier molecular flexibility index (Phi) is 4.99. The minimum absolute atomic E-state index is 0.825. The summed E-state index contributed by atoms with van der Waals surface area (Å²) in [6.45, 7) is 9.44. The van der Waals surface area contributed by atoms with Gasteiger partial charge < -0.3 is 0 Å². The van der Waals surface area contributed by atoms with Crippen LogP contribution in [0.3, 0.4) is 0 Å². The Balaban J connectivity index is 4.45. The molecule has 0 amide bonds. The molecule has 0 aliphatic carbocycles. The second-order valence-corrected chi connectivity index (χ2v) is 2.14.